The van der Waals surface area contributed by atoms with Crippen molar-refractivity contribution in [2.24, 2.45) is 0 Å². The molecule has 5 nitrogen and oxygen atoms in total. The van der Waals surface area contributed by atoms with Gasteiger partial charge in [0.2, 0.25) is 0 Å². The molecule has 4 rings (SSSR count). The number of hydrogen-bond donors (Lipinski definition) is 0. The van der Waals surface area contributed by atoms with Gasteiger partial charge in [0.25, 0.3) is 0 Å². The fourth-order valence-corrected chi connectivity index (χ4v) is 3.28. The SMILES string of the molecule is COc1ccc(C2CC(=O)c3cnc4cc(C)nn4c3C2)cc1. The van der Waals surface area contributed by atoms with Crippen molar-refractivity contribution in [3.63, 3.8) is 0 Å². The zero-order chi connectivity index (χ0) is 16.0. The summed E-state index contributed by atoms with van der Waals surface area (Å²) in [6, 6.07) is 9.88. The standard InChI is InChI=1S/C18H17N3O2/c1-11-7-18-19-10-15-16(21(18)20-11)8-13(9-17(15)22)12-3-5-14(23-2)6-4-12/h3-7,10,13H,8-9H2,1-2H3. The van der Waals surface area contributed by atoms with Gasteiger partial charge in [0.1, 0.15) is 5.75 Å². The highest BCUT2D eigenvalue weighted by molar-refractivity contribution is 5.98. The van der Waals surface area contributed by atoms with Gasteiger partial charge in [-0.25, -0.2) is 9.50 Å². The smallest absolute Gasteiger partial charge is 0.166 e. The molecule has 0 amide bonds. The van der Waals surface area contributed by atoms with Gasteiger partial charge in [-0.05, 0) is 37.0 Å². The minimum absolute atomic E-state index is 0.134. The third-order valence-electron chi connectivity index (χ3n) is 4.46. The number of rotatable bonds is 2. The first kappa shape index (κ1) is 13.9. The van der Waals surface area contributed by atoms with Crippen LogP contribution in [0, 0.1) is 6.92 Å². The van der Waals surface area contributed by atoms with Crippen LogP contribution in [0.4, 0.5) is 0 Å². The van der Waals surface area contributed by atoms with Gasteiger partial charge in [-0.1, -0.05) is 12.1 Å². The van der Waals surface area contributed by atoms with E-state index in [1.807, 2.05) is 41.8 Å². The fourth-order valence-electron chi connectivity index (χ4n) is 3.28. The Morgan fingerprint density at radius 2 is 2.00 bits per heavy atom. The van der Waals surface area contributed by atoms with Crippen LogP contribution in [0.5, 0.6) is 5.75 Å². The summed E-state index contributed by atoms with van der Waals surface area (Å²) in [6.45, 7) is 1.94. The molecule has 0 saturated carbocycles. The van der Waals surface area contributed by atoms with Crippen LogP contribution < -0.4 is 4.74 Å². The first-order valence-corrected chi connectivity index (χ1v) is 7.67. The molecule has 1 aliphatic carbocycles. The zero-order valence-electron chi connectivity index (χ0n) is 13.1. The maximum Gasteiger partial charge on any atom is 0.166 e. The summed E-state index contributed by atoms with van der Waals surface area (Å²) in [5.74, 6) is 1.12. The van der Waals surface area contributed by atoms with Gasteiger partial charge in [0.05, 0.1) is 24.1 Å². The quantitative estimate of drug-likeness (QED) is 0.730. The lowest BCUT2D eigenvalue weighted by molar-refractivity contribution is 0.0962. The molecular weight excluding hydrogens is 290 g/mol. The lowest BCUT2D eigenvalue weighted by atomic mass is 9.82. The normalized spacial score (nSPS) is 17.3. The summed E-state index contributed by atoms with van der Waals surface area (Å²) in [7, 11) is 1.65. The lowest BCUT2D eigenvalue weighted by Gasteiger charge is -2.24. The summed E-state index contributed by atoms with van der Waals surface area (Å²) in [5.41, 5.74) is 4.51. The Hall–Kier alpha value is -2.69. The summed E-state index contributed by atoms with van der Waals surface area (Å²) in [4.78, 5) is 16.9. The van der Waals surface area contributed by atoms with Gasteiger partial charge in [-0.15, -0.1) is 0 Å². The van der Waals surface area contributed by atoms with Gasteiger partial charge in [-0.3, -0.25) is 4.79 Å². The predicted octanol–water partition coefficient (Wildman–Crippen LogP) is 2.96. The Labute approximate surface area is 133 Å². The van der Waals surface area contributed by atoms with Gasteiger partial charge in [-0.2, -0.15) is 5.10 Å². The Morgan fingerprint density at radius 3 is 2.74 bits per heavy atom. The predicted molar refractivity (Wildman–Crippen MR) is 86.1 cm³/mol. The summed E-state index contributed by atoms with van der Waals surface area (Å²) in [6.07, 6.45) is 2.98. The molecule has 2 aromatic heterocycles. The lowest BCUT2D eigenvalue weighted by Crippen LogP contribution is -2.22. The Kier molecular flexibility index (Phi) is 3.15. The van der Waals surface area contributed by atoms with Gasteiger partial charge in [0.15, 0.2) is 11.4 Å². The number of aryl methyl sites for hydroxylation is 1. The number of ether oxygens (including phenoxy) is 1. The first-order valence-electron chi connectivity index (χ1n) is 7.67. The number of Topliss-reactive ketones (excluding diaryl/α,β-unsaturated/α-hetero) is 1. The largest absolute Gasteiger partial charge is 0.497 e. The van der Waals surface area contributed by atoms with E-state index in [-0.39, 0.29) is 11.7 Å². The fraction of sp³-hybridized carbons (Fsp3) is 0.278. The number of nitrogens with zero attached hydrogens (tertiary/aromatic N) is 3. The Balaban J connectivity index is 1.77. The minimum atomic E-state index is 0.134. The van der Waals surface area contributed by atoms with Gasteiger partial charge >= 0.3 is 0 Å². The highest BCUT2D eigenvalue weighted by Crippen LogP contribution is 2.33. The van der Waals surface area contributed by atoms with Gasteiger partial charge in [0, 0.05) is 18.7 Å². The molecule has 2 heterocycles. The van der Waals surface area contributed by atoms with E-state index in [1.165, 1.54) is 0 Å². The molecule has 116 valence electrons. The number of carbonyl (C=O) groups is 1. The number of benzene rings is 1. The molecule has 1 atom stereocenters. The summed E-state index contributed by atoms with van der Waals surface area (Å²) >= 11 is 0. The van der Waals surface area contributed by atoms with E-state index in [1.54, 1.807) is 13.3 Å². The molecule has 0 fully saturated rings. The van der Waals surface area contributed by atoms with Crippen LogP contribution in [0.25, 0.3) is 5.65 Å². The number of carbonyl (C=O) groups excluding carboxylic acids is 1. The molecule has 0 bridgehead atoms. The minimum Gasteiger partial charge on any atom is -0.497 e. The van der Waals surface area contributed by atoms with Crippen LogP contribution in [-0.4, -0.2) is 27.5 Å². The highest BCUT2D eigenvalue weighted by atomic mass is 16.5. The van der Waals surface area contributed by atoms with Crippen LogP contribution in [-0.2, 0) is 6.42 Å². The van der Waals surface area contributed by atoms with E-state index in [0.29, 0.717) is 12.0 Å². The monoisotopic (exact) mass is 307 g/mol. The molecule has 0 aliphatic heterocycles. The molecule has 1 aromatic carbocycles. The molecule has 0 radical (unpaired) electrons. The molecule has 1 unspecified atom stereocenters. The van der Waals surface area contributed by atoms with Crippen LogP contribution in [0.15, 0.2) is 36.5 Å². The van der Waals surface area contributed by atoms with Crippen LogP contribution in [0.3, 0.4) is 0 Å². The van der Waals surface area contributed by atoms with Crippen molar-refractivity contribution in [3.05, 3.63) is 59.0 Å². The van der Waals surface area contributed by atoms with E-state index >= 15 is 0 Å². The van der Waals surface area contributed by atoms with Crippen molar-refractivity contribution < 1.29 is 9.53 Å². The van der Waals surface area contributed by atoms with Crippen molar-refractivity contribution in [1.82, 2.24) is 14.6 Å². The molecule has 5 heteroatoms. The number of methoxy groups -OCH3 is 1. The van der Waals surface area contributed by atoms with E-state index in [2.05, 4.69) is 10.1 Å². The number of aromatic nitrogens is 3. The second-order valence-corrected chi connectivity index (χ2v) is 5.98. The first-order chi connectivity index (χ1) is 11.2. The topological polar surface area (TPSA) is 56.5 Å². The van der Waals surface area contributed by atoms with E-state index in [9.17, 15) is 4.79 Å². The third-order valence-corrected chi connectivity index (χ3v) is 4.46. The molecule has 0 spiro atoms. The average Bonchev–Trinajstić information content (AvgIpc) is 2.95. The molecule has 1 aliphatic rings. The number of fused-ring (bicyclic) bond motifs is 3. The van der Waals surface area contributed by atoms with E-state index in [0.717, 1.165) is 34.8 Å². The zero-order valence-corrected chi connectivity index (χ0v) is 13.1. The van der Waals surface area contributed by atoms with Crippen molar-refractivity contribution in [2.75, 3.05) is 7.11 Å². The van der Waals surface area contributed by atoms with Gasteiger partial charge < -0.3 is 4.74 Å². The van der Waals surface area contributed by atoms with Crippen molar-refractivity contribution >= 4 is 11.4 Å². The maximum atomic E-state index is 12.5. The van der Waals surface area contributed by atoms with Crippen LogP contribution in [0.2, 0.25) is 0 Å². The molecule has 0 saturated heterocycles. The molecule has 0 N–H and O–H groups in total. The third kappa shape index (κ3) is 2.29. The van der Waals surface area contributed by atoms with E-state index < -0.39 is 0 Å². The van der Waals surface area contributed by atoms with Crippen molar-refractivity contribution in [2.45, 2.75) is 25.7 Å². The van der Waals surface area contributed by atoms with Crippen LogP contribution >= 0.6 is 0 Å². The van der Waals surface area contributed by atoms with Crippen molar-refractivity contribution in [3.8, 4) is 5.75 Å². The van der Waals surface area contributed by atoms with Crippen molar-refractivity contribution in [1.29, 1.82) is 0 Å². The van der Waals surface area contributed by atoms with E-state index in [4.69, 9.17) is 4.74 Å². The average molecular weight is 307 g/mol. The second-order valence-electron chi connectivity index (χ2n) is 5.98. The molecule has 23 heavy (non-hydrogen) atoms. The second kappa shape index (κ2) is 5.19. The Morgan fingerprint density at radius 1 is 1.22 bits per heavy atom. The Bertz CT molecular complexity index is 897. The highest BCUT2D eigenvalue weighted by Gasteiger charge is 2.29. The van der Waals surface area contributed by atoms with Crippen LogP contribution in [0.1, 0.15) is 39.6 Å². The summed E-state index contributed by atoms with van der Waals surface area (Å²) < 4.78 is 7.02. The summed E-state index contributed by atoms with van der Waals surface area (Å²) in [5, 5.41) is 4.50. The molecular formula is C18H17N3O2. The molecule has 3 aromatic rings. The number of hydrogen-bond acceptors (Lipinski definition) is 4. The maximum absolute atomic E-state index is 12.5. The number of ketones is 1.